The number of imidazole rings is 1. The number of rotatable bonds is 4. The van der Waals surface area contributed by atoms with Crippen molar-refractivity contribution >= 4 is 35.0 Å². The van der Waals surface area contributed by atoms with Crippen molar-refractivity contribution in [3.63, 3.8) is 0 Å². The first-order chi connectivity index (χ1) is 14.0. The number of halogens is 1. The zero-order chi connectivity index (χ0) is 20.4. The number of hydrogen-bond donors (Lipinski definition) is 1. The Hall–Kier alpha value is -3.13. The van der Waals surface area contributed by atoms with Crippen LogP contribution in [0.5, 0.6) is 0 Å². The Bertz CT molecular complexity index is 1070. The van der Waals surface area contributed by atoms with Gasteiger partial charge < -0.3 is 10.2 Å². The molecule has 0 radical (unpaired) electrons. The highest BCUT2D eigenvalue weighted by Gasteiger charge is 2.29. The number of nitrogens with one attached hydrogen (secondary N) is 1. The number of para-hydroxylation sites is 2. The Labute approximate surface area is 171 Å². The molecule has 1 unspecified atom stereocenters. The smallest absolute Gasteiger partial charge is 0.237 e. The van der Waals surface area contributed by atoms with E-state index in [1.165, 1.54) is 23.9 Å². The van der Waals surface area contributed by atoms with Crippen molar-refractivity contribution < 1.29 is 14.0 Å². The number of fused-ring (bicyclic) bond motifs is 1. The lowest BCUT2D eigenvalue weighted by Gasteiger charge is -2.27. The minimum Gasteiger partial charge on any atom is -0.324 e. The van der Waals surface area contributed by atoms with Gasteiger partial charge in [-0.2, -0.15) is 0 Å². The molecule has 2 amide bonds. The van der Waals surface area contributed by atoms with Gasteiger partial charge in [0, 0.05) is 24.9 Å². The molecule has 3 aromatic rings. The number of nitrogens with zero attached hydrogens (tertiary/aromatic N) is 3. The minimum absolute atomic E-state index is 0.116. The van der Waals surface area contributed by atoms with Crippen molar-refractivity contribution in [1.82, 2.24) is 9.55 Å². The molecule has 148 valence electrons. The first kappa shape index (κ1) is 19.2. The van der Waals surface area contributed by atoms with Crippen LogP contribution >= 0.6 is 11.8 Å². The fourth-order valence-corrected chi connectivity index (χ4v) is 4.22. The molecule has 0 saturated carbocycles. The third-order valence-electron chi connectivity index (χ3n) is 4.65. The van der Waals surface area contributed by atoms with Crippen molar-refractivity contribution in [1.29, 1.82) is 0 Å². The molecule has 8 heteroatoms. The van der Waals surface area contributed by atoms with Gasteiger partial charge in [-0.25, -0.2) is 9.37 Å². The number of aromatic nitrogens is 2. The van der Waals surface area contributed by atoms with Gasteiger partial charge in [0.15, 0.2) is 5.16 Å². The van der Waals surface area contributed by atoms with Crippen LogP contribution in [0.15, 0.2) is 66.1 Å². The molecule has 0 aliphatic carbocycles. The van der Waals surface area contributed by atoms with Crippen molar-refractivity contribution in [2.75, 3.05) is 16.0 Å². The van der Waals surface area contributed by atoms with E-state index in [0.29, 0.717) is 22.2 Å². The molecule has 1 aliphatic rings. The van der Waals surface area contributed by atoms with Gasteiger partial charge in [0.1, 0.15) is 5.82 Å². The molecule has 6 nitrogen and oxygen atoms in total. The largest absolute Gasteiger partial charge is 0.324 e. The molecule has 0 saturated heterocycles. The average molecular weight is 410 g/mol. The van der Waals surface area contributed by atoms with Gasteiger partial charge in [0.2, 0.25) is 11.8 Å². The molecular formula is C21H19FN4O2S. The Morgan fingerprint density at radius 1 is 1.28 bits per heavy atom. The molecule has 2 heterocycles. The van der Waals surface area contributed by atoms with E-state index in [1.807, 2.05) is 25.1 Å². The predicted octanol–water partition coefficient (Wildman–Crippen LogP) is 3.87. The predicted molar refractivity (Wildman–Crippen MR) is 111 cm³/mol. The summed E-state index contributed by atoms with van der Waals surface area (Å²) in [5.41, 5.74) is 1.95. The quantitative estimate of drug-likeness (QED) is 0.663. The van der Waals surface area contributed by atoms with Crippen molar-refractivity contribution in [2.45, 2.75) is 24.5 Å². The second-order valence-corrected chi connectivity index (χ2v) is 7.67. The fourth-order valence-electron chi connectivity index (χ4n) is 3.38. The highest BCUT2D eigenvalue weighted by atomic mass is 32.2. The lowest BCUT2D eigenvalue weighted by Crippen LogP contribution is -2.40. The molecule has 29 heavy (non-hydrogen) atoms. The summed E-state index contributed by atoms with van der Waals surface area (Å²) in [7, 11) is 0. The summed E-state index contributed by atoms with van der Waals surface area (Å²) in [5, 5.41) is 3.44. The van der Waals surface area contributed by atoms with Gasteiger partial charge in [0.25, 0.3) is 0 Å². The van der Waals surface area contributed by atoms with Gasteiger partial charge in [-0.1, -0.05) is 30.0 Å². The van der Waals surface area contributed by atoms with E-state index in [1.54, 1.807) is 40.1 Å². The summed E-state index contributed by atoms with van der Waals surface area (Å²) in [5.74, 6) is -0.440. The average Bonchev–Trinajstić information content (AvgIpc) is 3.11. The van der Waals surface area contributed by atoms with Crippen LogP contribution in [0.1, 0.15) is 13.3 Å². The summed E-state index contributed by atoms with van der Waals surface area (Å²) in [6.45, 7) is 1.86. The Morgan fingerprint density at radius 2 is 2.10 bits per heavy atom. The van der Waals surface area contributed by atoms with Crippen LogP contribution in [0.3, 0.4) is 0 Å². The van der Waals surface area contributed by atoms with Gasteiger partial charge in [-0.3, -0.25) is 14.2 Å². The lowest BCUT2D eigenvalue weighted by atomic mass is 10.2. The number of amides is 2. The summed E-state index contributed by atoms with van der Waals surface area (Å²) in [6.07, 6.45) is 3.57. The van der Waals surface area contributed by atoms with E-state index < -0.39 is 0 Å². The van der Waals surface area contributed by atoms with Crippen LogP contribution in [0.25, 0.3) is 5.69 Å². The number of thioether (sulfide) groups is 1. The molecule has 1 aromatic heterocycles. The minimum atomic E-state index is -0.338. The van der Waals surface area contributed by atoms with Crippen LogP contribution in [0.4, 0.5) is 15.8 Å². The molecule has 1 aliphatic heterocycles. The molecule has 1 atom stereocenters. The maximum absolute atomic E-state index is 13.6. The Morgan fingerprint density at radius 3 is 2.93 bits per heavy atom. The molecule has 2 aromatic carbocycles. The van der Waals surface area contributed by atoms with Crippen LogP contribution in [-0.2, 0) is 9.59 Å². The standard InChI is InChI=1S/C21H19FN4O2S/c1-14-11-19(27)24-17-7-2-3-8-18(17)26(14)20(28)13-29-21-23-9-10-25(21)16-6-4-5-15(22)12-16/h2-10,12,14H,11,13H2,1H3,(H,24,27). The summed E-state index contributed by atoms with van der Waals surface area (Å²) >= 11 is 1.27. The van der Waals surface area contributed by atoms with Crippen LogP contribution < -0.4 is 10.2 Å². The third kappa shape index (κ3) is 4.02. The normalized spacial score (nSPS) is 16.1. The lowest BCUT2D eigenvalue weighted by molar-refractivity contribution is -0.117. The van der Waals surface area contributed by atoms with Gasteiger partial charge >= 0.3 is 0 Å². The molecule has 1 N–H and O–H groups in total. The van der Waals surface area contributed by atoms with Crippen LogP contribution in [-0.4, -0.2) is 33.2 Å². The van der Waals surface area contributed by atoms with Gasteiger partial charge in [-0.05, 0) is 37.3 Å². The highest BCUT2D eigenvalue weighted by Crippen LogP contribution is 2.32. The van der Waals surface area contributed by atoms with E-state index in [9.17, 15) is 14.0 Å². The molecular weight excluding hydrogens is 391 g/mol. The number of carbonyl (C=O) groups excluding carboxylic acids is 2. The third-order valence-corrected chi connectivity index (χ3v) is 5.60. The van der Waals surface area contributed by atoms with Crippen LogP contribution in [0.2, 0.25) is 0 Å². The first-order valence-corrected chi connectivity index (χ1v) is 10.1. The monoisotopic (exact) mass is 410 g/mol. The highest BCUT2D eigenvalue weighted by molar-refractivity contribution is 7.99. The second-order valence-electron chi connectivity index (χ2n) is 6.73. The fraction of sp³-hybridized carbons (Fsp3) is 0.190. The number of benzene rings is 2. The molecule has 0 bridgehead atoms. The molecule has 4 rings (SSSR count). The van der Waals surface area contributed by atoms with E-state index in [4.69, 9.17) is 0 Å². The SMILES string of the molecule is CC1CC(=O)Nc2ccccc2N1C(=O)CSc1nccn1-c1cccc(F)c1. The van der Waals surface area contributed by atoms with E-state index in [0.717, 1.165) is 0 Å². The number of carbonyl (C=O) groups is 2. The Balaban J connectivity index is 1.55. The van der Waals surface area contributed by atoms with Crippen molar-refractivity contribution in [3.05, 3.63) is 66.7 Å². The maximum Gasteiger partial charge on any atom is 0.237 e. The van der Waals surface area contributed by atoms with Crippen LogP contribution in [0, 0.1) is 5.82 Å². The zero-order valence-corrected chi connectivity index (χ0v) is 16.5. The molecule has 0 fully saturated rings. The summed E-state index contributed by atoms with van der Waals surface area (Å²) in [6, 6.07) is 13.2. The number of anilines is 2. The van der Waals surface area contributed by atoms with Gasteiger partial charge in [-0.15, -0.1) is 0 Å². The number of hydrogen-bond acceptors (Lipinski definition) is 4. The van der Waals surface area contributed by atoms with E-state index in [2.05, 4.69) is 10.3 Å². The van der Waals surface area contributed by atoms with E-state index in [-0.39, 0.29) is 35.8 Å². The summed E-state index contributed by atoms with van der Waals surface area (Å²) in [4.78, 5) is 31.2. The zero-order valence-electron chi connectivity index (χ0n) is 15.7. The Kier molecular flexibility index (Phi) is 5.35. The maximum atomic E-state index is 13.6. The van der Waals surface area contributed by atoms with Crippen molar-refractivity contribution in [3.8, 4) is 5.69 Å². The second kappa shape index (κ2) is 8.08. The summed E-state index contributed by atoms with van der Waals surface area (Å²) < 4.78 is 15.3. The molecule has 0 spiro atoms. The van der Waals surface area contributed by atoms with Crippen molar-refractivity contribution in [2.24, 2.45) is 0 Å². The first-order valence-electron chi connectivity index (χ1n) is 9.16. The van der Waals surface area contributed by atoms with E-state index >= 15 is 0 Å². The topological polar surface area (TPSA) is 67.2 Å². The van der Waals surface area contributed by atoms with Gasteiger partial charge in [0.05, 0.1) is 22.8 Å².